The van der Waals surface area contributed by atoms with Crippen LogP contribution in [0.1, 0.15) is 55.8 Å². The minimum Gasteiger partial charge on any atom is -0.449 e. The first-order chi connectivity index (χ1) is 14.7. The molecule has 9 heteroatoms. The Bertz CT molecular complexity index is 902. The minimum absolute atomic E-state index is 0.0268. The van der Waals surface area contributed by atoms with E-state index in [0.29, 0.717) is 18.8 Å². The molecule has 0 saturated carbocycles. The van der Waals surface area contributed by atoms with Gasteiger partial charge in [-0.2, -0.15) is 0 Å². The molecule has 1 amide bonds. The molecule has 2 aliphatic rings. The van der Waals surface area contributed by atoms with Gasteiger partial charge in [0.15, 0.2) is 6.10 Å². The monoisotopic (exact) mass is 451 g/mol. The second kappa shape index (κ2) is 9.99. The summed E-state index contributed by atoms with van der Waals surface area (Å²) in [4.78, 5) is 29.8. The largest absolute Gasteiger partial charge is 0.449 e. The second-order valence-electron chi connectivity index (χ2n) is 8.45. The molecule has 172 valence electrons. The first-order valence-electron chi connectivity index (χ1n) is 11.0. The van der Waals surface area contributed by atoms with Gasteiger partial charge in [-0.15, -0.1) is 0 Å². The number of carbonyl (C=O) groups is 2. The molecule has 0 bridgehead atoms. The topological polar surface area (TPSA) is 87.2 Å². The Morgan fingerprint density at radius 1 is 0.968 bits per heavy atom. The van der Waals surface area contributed by atoms with Crippen LogP contribution in [0.25, 0.3) is 0 Å². The van der Waals surface area contributed by atoms with E-state index < -0.39 is 22.1 Å². The number of benzene rings is 1. The molecule has 2 heterocycles. The first kappa shape index (κ1) is 23.5. The molecular formula is C22H33N3O5S. The predicted octanol–water partition coefficient (Wildman–Crippen LogP) is 2.49. The van der Waals surface area contributed by atoms with E-state index in [1.807, 2.05) is 0 Å². The number of hydrogen-bond acceptors (Lipinski definition) is 6. The molecular weight excluding hydrogens is 418 g/mol. The van der Waals surface area contributed by atoms with E-state index >= 15 is 0 Å². The number of sulfonamides is 1. The van der Waals surface area contributed by atoms with Crippen molar-refractivity contribution in [3.8, 4) is 0 Å². The lowest BCUT2D eigenvalue weighted by Gasteiger charge is -2.25. The molecule has 1 atom stereocenters. The van der Waals surface area contributed by atoms with Gasteiger partial charge in [0.25, 0.3) is 5.91 Å². The zero-order chi connectivity index (χ0) is 22.6. The van der Waals surface area contributed by atoms with Gasteiger partial charge in [0.1, 0.15) is 0 Å². The lowest BCUT2D eigenvalue weighted by atomic mass is 10.1. The van der Waals surface area contributed by atoms with Crippen molar-refractivity contribution in [2.24, 2.45) is 0 Å². The predicted molar refractivity (Wildman–Crippen MR) is 119 cm³/mol. The number of anilines is 1. The summed E-state index contributed by atoms with van der Waals surface area (Å²) in [6.45, 7) is 4.53. The van der Waals surface area contributed by atoms with E-state index in [1.165, 1.54) is 26.2 Å². The third-order valence-corrected chi connectivity index (χ3v) is 7.77. The molecule has 0 radical (unpaired) electrons. The smallest absolute Gasteiger partial charge is 0.341 e. The normalized spacial score (nSPS) is 18.7. The van der Waals surface area contributed by atoms with Gasteiger partial charge in [-0.1, -0.05) is 12.8 Å². The maximum absolute atomic E-state index is 13.1. The number of hydrogen-bond donors (Lipinski definition) is 0. The summed E-state index contributed by atoms with van der Waals surface area (Å²) in [5.74, 6) is -0.872. The summed E-state index contributed by atoms with van der Waals surface area (Å²) < 4.78 is 31.9. The average molecular weight is 452 g/mol. The first-order valence-corrected chi connectivity index (χ1v) is 12.5. The molecule has 31 heavy (non-hydrogen) atoms. The number of amides is 1. The Labute approximate surface area is 185 Å². The Morgan fingerprint density at radius 3 is 2.13 bits per heavy atom. The standard InChI is InChI=1S/C22H33N3O5S/c1-17(21(26)25-14-6-4-5-7-15-25)30-22(27)19-16-18(31(28,29)23(2)3)10-11-20(19)24-12-8-9-13-24/h10-11,16-17H,4-9,12-15H2,1-3H3/t17-/m0/s1. The third-order valence-electron chi connectivity index (χ3n) is 5.96. The number of rotatable bonds is 6. The van der Waals surface area contributed by atoms with Crippen LogP contribution in [0.5, 0.6) is 0 Å². The summed E-state index contributed by atoms with van der Waals surface area (Å²) in [7, 11) is -0.811. The number of ether oxygens (including phenoxy) is 1. The molecule has 2 aliphatic heterocycles. The van der Waals surface area contributed by atoms with Gasteiger partial charge in [-0.05, 0) is 50.8 Å². The van der Waals surface area contributed by atoms with Crippen molar-refractivity contribution in [2.45, 2.75) is 56.4 Å². The van der Waals surface area contributed by atoms with Gasteiger partial charge in [-0.3, -0.25) is 4.79 Å². The van der Waals surface area contributed by atoms with E-state index in [2.05, 4.69) is 4.90 Å². The van der Waals surface area contributed by atoms with Crippen molar-refractivity contribution < 1.29 is 22.7 Å². The van der Waals surface area contributed by atoms with Crippen molar-refractivity contribution >= 4 is 27.6 Å². The highest BCUT2D eigenvalue weighted by molar-refractivity contribution is 7.89. The Morgan fingerprint density at radius 2 is 1.55 bits per heavy atom. The summed E-state index contributed by atoms with van der Waals surface area (Å²) in [6, 6.07) is 4.56. The SMILES string of the molecule is C[C@H](OC(=O)c1cc(S(=O)(=O)N(C)C)ccc1N1CCCC1)C(=O)N1CCCCCC1. The number of carbonyl (C=O) groups excluding carboxylic acids is 2. The molecule has 1 aromatic rings. The number of nitrogens with zero attached hydrogens (tertiary/aromatic N) is 3. The molecule has 0 spiro atoms. The van der Waals surface area contributed by atoms with Crippen LogP contribution in [0.4, 0.5) is 5.69 Å². The lowest BCUT2D eigenvalue weighted by molar-refractivity contribution is -0.139. The quantitative estimate of drug-likeness (QED) is 0.618. The lowest BCUT2D eigenvalue weighted by Crippen LogP contribution is -2.40. The van der Waals surface area contributed by atoms with Crippen LogP contribution in [0.2, 0.25) is 0 Å². The van der Waals surface area contributed by atoms with Crippen molar-refractivity contribution in [1.29, 1.82) is 0 Å². The van der Waals surface area contributed by atoms with Gasteiger partial charge in [0.2, 0.25) is 10.0 Å². The van der Waals surface area contributed by atoms with Crippen LogP contribution >= 0.6 is 0 Å². The van der Waals surface area contributed by atoms with E-state index in [-0.39, 0.29) is 16.4 Å². The van der Waals surface area contributed by atoms with Gasteiger partial charge in [0, 0.05) is 40.3 Å². The Balaban J connectivity index is 1.85. The fraction of sp³-hybridized carbons (Fsp3) is 0.636. The fourth-order valence-electron chi connectivity index (χ4n) is 4.11. The van der Waals surface area contributed by atoms with E-state index in [1.54, 1.807) is 17.9 Å². The molecule has 0 aliphatic carbocycles. The second-order valence-corrected chi connectivity index (χ2v) is 10.6. The maximum atomic E-state index is 13.1. The van der Waals surface area contributed by atoms with Crippen molar-refractivity contribution in [2.75, 3.05) is 45.2 Å². The number of esters is 1. The van der Waals surface area contributed by atoms with Gasteiger partial charge in [-0.25, -0.2) is 17.5 Å². The highest BCUT2D eigenvalue weighted by Gasteiger charge is 2.29. The van der Waals surface area contributed by atoms with Crippen LogP contribution in [0.15, 0.2) is 23.1 Å². The van der Waals surface area contributed by atoms with Crippen molar-refractivity contribution in [3.63, 3.8) is 0 Å². The van der Waals surface area contributed by atoms with Gasteiger partial charge >= 0.3 is 5.97 Å². The van der Waals surface area contributed by atoms with Crippen molar-refractivity contribution in [1.82, 2.24) is 9.21 Å². The van der Waals surface area contributed by atoms with Gasteiger partial charge in [0.05, 0.1) is 16.1 Å². The zero-order valence-electron chi connectivity index (χ0n) is 18.7. The molecule has 1 aromatic carbocycles. The summed E-state index contributed by atoms with van der Waals surface area (Å²) in [5.41, 5.74) is 0.829. The highest BCUT2D eigenvalue weighted by Crippen LogP contribution is 2.29. The summed E-state index contributed by atoms with van der Waals surface area (Å²) >= 11 is 0. The highest BCUT2D eigenvalue weighted by atomic mass is 32.2. The van der Waals surface area contributed by atoms with Crippen LogP contribution < -0.4 is 4.90 Å². The van der Waals surface area contributed by atoms with E-state index in [4.69, 9.17) is 4.74 Å². The van der Waals surface area contributed by atoms with E-state index in [0.717, 1.165) is 55.9 Å². The molecule has 2 fully saturated rings. The Hall–Kier alpha value is -2.13. The zero-order valence-corrected chi connectivity index (χ0v) is 19.5. The Kier molecular flexibility index (Phi) is 7.59. The molecule has 0 N–H and O–H groups in total. The van der Waals surface area contributed by atoms with E-state index in [9.17, 15) is 18.0 Å². The number of likely N-dealkylation sites (tertiary alicyclic amines) is 1. The molecule has 0 aromatic heterocycles. The average Bonchev–Trinajstić information content (AvgIpc) is 3.14. The minimum atomic E-state index is -3.71. The van der Waals surface area contributed by atoms with Crippen LogP contribution in [0.3, 0.4) is 0 Å². The molecule has 2 saturated heterocycles. The molecule has 8 nitrogen and oxygen atoms in total. The molecule has 0 unspecified atom stereocenters. The van der Waals surface area contributed by atoms with Gasteiger partial charge < -0.3 is 14.5 Å². The van der Waals surface area contributed by atoms with Crippen LogP contribution in [-0.2, 0) is 19.6 Å². The third kappa shape index (κ3) is 5.38. The molecule has 3 rings (SSSR count). The maximum Gasteiger partial charge on any atom is 0.341 e. The van der Waals surface area contributed by atoms with Crippen molar-refractivity contribution in [3.05, 3.63) is 23.8 Å². The summed E-state index contributed by atoms with van der Waals surface area (Å²) in [6.07, 6.45) is 5.21. The van der Waals surface area contributed by atoms with Crippen LogP contribution in [0, 0.1) is 0 Å². The van der Waals surface area contributed by atoms with Crippen LogP contribution in [-0.4, -0.2) is 75.9 Å². The fourth-order valence-corrected chi connectivity index (χ4v) is 5.03. The summed E-state index contributed by atoms with van der Waals surface area (Å²) in [5, 5.41) is 0.